The minimum absolute atomic E-state index is 0.291. The molecule has 0 atom stereocenters. The van der Waals surface area contributed by atoms with E-state index in [1.54, 1.807) is 10.8 Å². The van der Waals surface area contributed by atoms with Crippen molar-refractivity contribution in [3.05, 3.63) is 52.9 Å². The van der Waals surface area contributed by atoms with Crippen LogP contribution in [0.4, 0.5) is 11.6 Å². The number of rotatable bonds is 5. The van der Waals surface area contributed by atoms with Crippen molar-refractivity contribution in [3.8, 4) is 10.9 Å². The van der Waals surface area contributed by atoms with Gasteiger partial charge in [0.15, 0.2) is 10.7 Å². The Hall–Kier alpha value is -3.50. The maximum atomic E-state index is 6.32. The SMILES string of the molecule is Nc1ncnc2c1c(Cl)cn2-c1nnc(COc2ccc3ccc(N4CCCC4)nc3c2)s1. The van der Waals surface area contributed by atoms with Gasteiger partial charge >= 0.3 is 0 Å². The molecule has 5 aromatic rings. The van der Waals surface area contributed by atoms with Gasteiger partial charge in [0.25, 0.3) is 0 Å². The largest absolute Gasteiger partial charge is 0.486 e. The number of fused-ring (bicyclic) bond motifs is 2. The van der Waals surface area contributed by atoms with Gasteiger partial charge in [-0.2, -0.15) is 0 Å². The van der Waals surface area contributed by atoms with Crippen LogP contribution < -0.4 is 15.4 Å². The minimum Gasteiger partial charge on any atom is -0.486 e. The number of ether oxygens (including phenoxy) is 1. The lowest BCUT2D eigenvalue weighted by molar-refractivity contribution is 0.305. The Labute approximate surface area is 197 Å². The van der Waals surface area contributed by atoms with Crippen LogP contribution in [0.2, 0.25) is 5.02 Å². The van der Waals surface area contributed by atoms with Gasteiger partial charge in [-0.3, -0.25) is 4.57 Å². The number of halogens is 1. The van der Waals surface area contributed by atoms with E-state index >= 15 is 0 Å². The van der Waals surface area contributed by atoms with E-state index in [4.69, 9.17) is 27.1 Å². The Kier molecular flexibility index (Phi) is 4.96. The van der Waals surface area contributed by atoms with Crippen molar-refractivity contribution in [2.24, 2.45) is 0 Å². The number of anilines is 2. The van der Waals surface area contributed by atoms with Gasteiger partial charge in [-0.25, -0.2) is 15.0 Å². The Balaban J connectivity index is 1.22. The molecule has 0 aliphatic carbocycles. The first kappa shape index (κ1) is 20.1. The molecule has 0 saturated carbocycles. The van der Waals surface area contributed by atoms with Gasteiger partial charge < -0.3 is 15.4 Å². The van der Waals surface area contributed by atoms with Gasteiger partial charge in [-0.05, 0) is 37.1 Å². The second-order valence-corrected chi connectivity index (χ2v) is 9.24. The first-order valence-corrected chi connectivity index (χ1v) is 11.7. The van der Waals surface area contributed by atoms with Gasteiger partial charge in [-0.1, -0.05) is 22.9 Å². The van der Waals surface area contributed by atoms with Crippen LogP contribution in [-0.4, -0.2) is 42.8 Å². The van der Waals surface area contributed by atoms with Crippen molar-refractivity contribution < 1.29 is 4.74 Å². The summed E-state index contributed by atoms with van der Waals surface area (Å²) in [7, 11) is 0. The lowest BCUT2D eigenvalue weighted by Gasteiger charge is -2.16. The highest BCUT2D eigenvalue weighted by Gasteiger charge is 2.17. The Bertz CT molecular complexity index is 1480. The number of aromatic nitrogens is 6. The van der Waals surface area contributed by atoms with Crippen LogP contribution in [-0.2, 0) is 6.61 Å². The minimum atomic E-state index is 0.291. The maximum absolute atomic E-state index is 6.32. The molecular formula is C22H19ClN8OS. The molecule has 1 saturated heterocycles. The van der Waals surface area contributed by atoms with Crippen LogP contribution in [0.5, 0.6) is 5.75 Å². The number of pyridine rings is 1. The summed E-state index contributed by atoms with van der Waals surface area (Å²) in [6.45, 7) is 2.42. The van der Waals surface area contributed by atoms with Crippen molar-refractivity contribution in [2.45, 2.75) is 19.4 Å². The number of nitrogens with zero attached hydrogens (tertiary/aromatic N) is 7. The predicted octanol–water partition coefficient (Wildman–Crippen LogP) is 4.24. The molecular weight excluding hydrogens is 460 g/mol. The summed E-state index contributed by atoms with van der Waals surface area (Å²) in [6, 6.07) is 10.1. The van der Waals surface area contributed by atoms with E-state index in [2.05, 4.69) is 37.2 Å². The average molecular weight is 479 g/mol. The molecule has 9 nitrogen and oxygen atoms in total. The molecule has 1 aliphatic heterocycles. The first-order valence-electron chi connectivity index (χ1n) is 10.5. The zero-order valence-corrected chi connectivity index (χ0v) is 19.1. The highest BCUT2D eigenvalue weighted by molar-refractivity contribution is 7.13. The molecule has 1 fully saturated rings. The summed E-state index contributed by atoms with van der Waals surface area (Å²) in [5, 5.41) is 12.0. The van der Waals surface area contributed by atoms with Crippen molar-refractivity contribution in [2.75, 3.05) is 23.7 Å². The van der Waals surface area contributed by atoms with E-state index in [0.717, 1.165) is 40.6 Å². The summed E-state index contributed by atoms with van der Waals surface area (Å²) < 4.78 is 7.76. The average Bonchev–Trinajstić information content (AvgIpc) is 3.58. The van der Waals surface area contributed by atoms with Crippen molar-refractivity contribution in [1.82, 2.24) is 29.7 Å². The number of benzene rings is 1. The van der Waals surface area contributed by atoms with Gasteiger partial charge in [-0.15, -0.1) is 10.2 Å². The van der Waals surface area contributed by atoms with Crippen LogP contribution >= 0.6 is 22.9 Å². The summed E-state index contributed by atoms with van der Waals surface area (Å²) in [6.07, 6.45) is 5.56. The zero-order valence-electron chi connectivity index (χ0n) is 17.5. The normalized spacial score (nSPS) is 13.9. The third kappa shape index (κ3) is 3.70. The Morgan fingerprint density at radius 2 is 1.94 bits per heavy atom. The third-order valence-corrected chi connectivity index (χ3v) is 6.85. The number of hydrogen-bond acceptors (Lipinski definition) is 9. The summed E-state index contributed by atoms with van der Waals surface area (Å²) in [5.41, 5.74) is 7.45. The topological polar surface area (TPSA) is 108 Å². The summed E-state index contributed by atoms with van der Waals surface area (Å²) in [4.78, 5) is 15.5. The molecule has 0 unspecified atom stereocenters. The molecule has 6 rings (SSSR count). The maximum Gasteiger partial charge on any atom is 0.218 e. The van der Waals surface area contributed by atoms with Crippen molar-refractivity contribution in [3.63, 3.8) is 0 Å². The van der Waals surface area contributed by atoms with Gasteiger partial charge in [0, 0.05) is 30.7 Å². The van der Waals surface area contributed by atoms with Crippen molar-refractivity contribution in [1.29, 1.82) is 0 Å². The second-order valence-electron chi connectivity index (χ2n) is 7.79. The Morgan fingerprint density at radius 3 is 2.82 bits per heavy atom. The molecule has 33 heavy (non-hydrogen) atoms. The number of hydrogen-bond donors (Lipinski definition) is 1. The molecule has 166 valence electrons. The molecule has 0 amide bonds. The highest BCUT2D eigenvalue weighted by atomic mass is 35.5. The monoisotopic (exact) mass is 478 g/mol. The van der Waals surface area contributed by atoms with E-state index in [0.29, 0.717) is 33.6 Å². The molecule has 2 N–H and O–H groups in total. The van der Waals surface area contributed by atoms with Gasteiger partial charge in [0.2, 0.25) is 5.13 Å². The molecule has 0 spiro atoms. The smallest absolute Gasteiger partial charge is 0.218 e. The fraction of sp³-hybridized carbons (Fsp3) is 0.227. The van der Waals surface area contributed by atoms with Crippen LogP contribution in [0.15, 0.2) is 42.9 Å². The quantitative estimate of drug-likeness (QED) is 0.399. The number of nitrogen functional groups attached to an aromatic ring is 1. The van der Waals surface area contributed by atoms with Crippen LogP contribution in [0, 0.1) is 0 Å². The van der Waals surface area contributed by atoms with E-state index in [9.17, 15) is 0 Å². The van der Waals surface area contributed by atoms with Crippen LogP contribution in [0.25, 0.3) is 27.1 Å². The van der Waals surface area contributed by atoms with E-state index in [-0.39, 0.29) is 0 Å². The van der Waals surface area contributed by atoms with Gasteiger partial charge in [0.1, 0.15) is 30.3 Å². The van der Waals surface area contributed by atoms with Crippen LogP contribution in [0.1, 0.15) is 17.8 Å². The predicted molar refractivity (Wildman–Crippen MR) is 129 cm³/mol. The first-order chi connectivity index (χ1) is 16.2. The molecule has 0 radical (unpaired) electrons. The Morgan fingerprint density at radius 1 is 1.09 bits per heavy atom. The number of nitrogens with two attached hydrogens (primary N) is 1. The lowest BCUT2D eigenvalue weighted by Crippen LogP contribution is -2.18. The summed E-state index contributed by atoms with van der Waals surface area (Å²) >= 11 is 7.72. The zero-order chi connectivity index (χ0) is 22.4. The third-order valence-electron chi connectivity index (χ3n) is 5.67. The fourth-order valence-corrected chi connectivity index (χ4v) is 5.04. The summed E-state index contributed by atoms with van der Waals surface area (Å²) in [5.74, 6) is 2.09. The van der Waals surface area contributed by atoms with Gasteiger partial charge in [0.05, 0.1) is 15.9 Å². The molecule has 11 heteroatoms. The molecule has 0 bridgehead atoms. The molecule has 4 aromatic heterocycles. The standard InChI is InChI=1S/C22H19ClN8OS/c23-15-10-31(21-19(15)20(24)25-12-26-21)22-29-28-18(33-22)11-32-14-5-3-13-4-6-17(27-16(13)9-14)30-7-1-2-8-30/h3-6,9-10,12H,1-2,7-8,11H2,(H2,24,25,26). The van der Waals surface area contributed by atoms with Crippen molar-refractivity contribution >= 4 is 56.5 Å². The van der Waals surface area contributed by atoms with E-state index < -0.39 is 0 Å². The fourth-order valence-electron chi connectivity index (χ4n) is 4.03. The van der Waals surface area contributed by atoms with E-state index in [1.165, 1.54) is 30.5 Å². The van der Waals surface area contributed by atoms with Crippen LogP contribution in [0.3, 0.4) is 0 Å². The molecule has 5 heterocycles. The second kappa shape index (κ2) is 8.13. The lowest BCUT2D eigenvalue weighted by atomic mass is 10.2. The van der Waals surface area contributed by atoms with E-state index in [1.807, 2.05) is 18.2 Å². The highest BCUT2D eigenvalue weighted by Crippen LogP contribution is 2.31. The molecule has 1 aromatic carbocycles. The molecule has 1 aliphatic rings.